The van der Waals surface area contributed by atoms with Crippen LogP contribution in [0.3, 0.4) is 0 Å². The predicted octanol–water partition coefficient (Wildman–Crippen LogP) is 1.55. The van der Waals surface area contributed by atoms with Crippen LogP contribution in [0.15, 0.2) is 30.7 Å². The average Bonchev–Trinajstić information content (AvgIpc) is 2.86. The van der Waals surface area contributed by atoms with Crippen LogP contribution in [0.2, 0.25) is 0 Å². The van der Waals surface area contributed by atoms with Crippen molar-refractivity contribution < 1.29 is 0 Å². The minimum atomic E-state index is 0.648. The zero-order chi connectivity index (χ0) is 11.1. The molecule has 0 aliphatic heterocycles. The maximum Gasteiger partial charge on any atom is 0.0955 e. The van der Waals surface area contributed by atoms with Crippen LogP contribution in [-0.2, 0) is 7.05 Å². The molecule has 0 aliphatic carbocycles. The van der Waals surface area contributed by atoms with Crippen molar-refractivity contribution in [3.05, 3.63) is 30.7 Å². The molecule has 0 fully saturated rings. The lowest BCUT2D eigenvalue weighted by molar-refractivity contribution is 0.948. The lowest BCUT2D eigenvalue weighted by atomic mass is 10.1. The number of hydrogen-bond donors (Lipinski definition) is 2. The van der Waals surface area contributed by atoms with E-state index in [2.05, 4.69) is 15.2 Å². The van der Waals surface area contributed by atoms with Crippen LogP contribution in [0, 0.1) is 0 Å². The van der Waals surface area contributed by atoms with Gasteiger partial charge in [-0.15, -0.1) is 0 Å². The highest BCUT2D eigenvalue weighted by molar-refractivity contribution is 5.83. The highest BCUT2D eigenvalue weighted by Crippen LogP contribution is 2.25. The molecular formula is C11H11N5. The molecule has 80 valence electrons. The maximum absolute atomic E-state index is 5.80. The highest BCUT2D eigenvalue weighted by atomic mass is 15.1. The first kappa shape index (κ1) is 8.96. The Bertz CT molecular complexity index is 649. The molecule has 0 aliphatic rings. The van der Waals surface area contributed by atoms with E-state index in [9.17, 15) is 0 Å². The Hall–Kier alpha value is -2.30. The number of anilines is 1. The summed E-state index contributed by atoms with van der Waals surface area (Å²) in [6, 6.07) is 6.03. The number of aryl methyl sites for hydroxylation is 1. The smallest absolute Gasteiger partial charge is 0.0955 e. The minimum Gasteiger partial charge on any atom is -0.396 e. The van der Waals surface area contributed by atoms with E-state index in [0.717, 1.165) is 22.3 Å². The van der Waals surface area contributed by atoms with Gasteiger partial charge in [-0.1, -0.05) is 6.07 Å². The SMILES string of the molecule is Cn1cnc2cc(-c3[nH]ncc3N)ccc21. The second-order valence-electron chi connectivity index (χ2n) is 3.76. The van der Waals surface area contributed by atoms with Crippen molar-refractivity contribution in [2.45, 2.75) is 0 Å². The van der Waals surface area contributed by atoms with E-state index in [1.807, 2.05) is 29.8 Å². The first-order valence-corrected chi connectivity index (χ1v) is 4.96. The zero-order valence-corrected chi connectivity index (χ0v) is 8.81. The molecule has 16 heavy (non-hydrogen) atoms. The van der Waals surface area contributed by atoms with Gasteiger partial charge in [0.15, 0.2) is 0 Å². The Labute approximate surface area is 91.9 Å². The number of rotatable bonds is 1. The first-order chi connectivity index (χ1) is 7.75. The second kappa shape index (κ2) is 3.10. The fraction of sp³-hybridized carbons (Fsp3) is 0.0909. The number of hydrogen-bond acceptors (Lipinski definition) is 3. The van der Waals surface area contributed by atoms with Crippen LogP contribution >= 0.6 is 0 Å². The summed E-state index contributed by atoms with van der Waals surface area (Å²) >= 11 is 0. The molecule has 2 heterocycles. The highest BCUT2D eigenvalue weighted by Gasteiger charge is 2.07. The van der Waals surface area contributed by atoms with Crippen molar-refractivity contribution in [2.75, 3.05) is 5.73 Å². The molecule has 0 bridgehead atoms. The molecular weight excluding hydrogens is 202 g/mol. The molecule has 0 radical (unpaired) electrons. The third kappa shape index (κ3) is 1.18. The standard InChI is InChI=1S/C11H11N5/c1-16-6-13-9-4-7(2-3-10(9)16)11-8(12)5-14-15-11/h2-6H,12H2,1H3,(H,14,15). The average molecular weight is 213 g/mol. The normalized spacial score (nSPS) is 11.1. The van der Waals surface area contributed by atoms with Gasteiger partial charge >= 0.3 is 0 Å². The van der Waals surface area contributed by atoms with Gasteiger partial charge < -0.3 is 10.3 Å². The van der Waals surface area contributed by atoms with E-state index >= 15 is 0 Å². The summed E-state index contributed by atoms with van der Waals surface area (Å²) in [5.74, 6) is 0. The molecule has 0 spiro atoms. The van der Waals surface area contributed by atoms with Gasteiger partial charge in [0, 0.05) is 12.6 Å². The van der Waals surface area contributed by atoms with Crippen molar-refractivity contribution in [3.63, 3.8) is 0 Å². The molecule has 5 nitrogen and oxygen atoms in total. The summed E-state index contributed by atoms with van der Waals surface area (Å²) in [6.45, 7) is 0. The molecule has 0 atom stereocenters. The molecule has 0 unspecified atom stereocenters. The van der Waals surface area contributed by atoms with Crippen LogP contribution in [0.25, 0.3) is 22.3 Å². The number of nitrogens with zero attached hydrogens (tertiary/aromatic N) is 3. The van der Waals surface area contributed by atoms with E-state index in [4.69, 9.17) is 5.73 Å². The number of H-pyrrole nitrogens is 1. The minimum absolute atomic E-state index is 0.648. The van der Waals surface area contributed by atoms with E-state index < -0.39 is 0 Å². The molecule has 0 saturated carbocycles. The van der Waals surface area contributed by atoms with Crippen molar-refractivity contribution >= 4 is 16.7 Å². The van der Waals surface area contributed by atoms with Crippen LogP contribution in [-0.4, -0.2) is 19.7 Å². The molecule has 0 saturated heterocycles. The van der Waals surface area contributed by atoms with E-state index in [1.165, 1.54) is 0 Å². The Morgan fingerprint density at radius 2 is 2.25 bits per heavy atom. The van der Waals surface area contributed by atoms with Crippen molar-refractivity contribution in [3.8, 4) is 11.3 Å². The van der Waals surface area contributed by atoms with Gasteiger partial charge in [0.1, 0.15) is 0 Å². The predicted molar refractivity (Wildman–Crippen MR) is 62.7 cm³/mol. The van der Waals surface area contributed by atoms with Crippen molar-refractivity contribution in [2.24, 2.45) is 7.05 Å². The Kier molecular flexibility index (Phi) is 1.73. The van der Waals surface area contributed by atoms with Gasteiger partial charge in [0.05, 0.1) is 34.9 Å². The summed E-state index contributed by atoms with van der Waals surface area (Å²) in [6.07, 6.45) is 3.41. The molecule has 2 aromatic heterocycles. The summed E-state index contributed by atoms with van der Waals surface area (Å²) in [5.41, 5.74) is 10.3. The number of nitrogen functional groups attached to an aromatic ring is 1. The monoisotopic (exact) mass is 213 g/mol. The lowest BCUT2D eigenvalue weighted by Crippen LogP contribution is -1.87. The van der Waals surface area contributed by atoms with E-state index in [1.54, 1.807) is 12.5 Å². The van der Waals surface area contributed by atoms with Gasteiger partial charge in [-0.2, -0.15) is 5.10 Å². The molecule has 1 aromatic carbocycles. The fourth-order valence-electron chi connectivity index (χ4n) is 1.82. The zero-order valence-electron chi connectivity index (χ0n) is 8.81. The maximum atomic E-state index is 5.80. The van der Waals surface area contributed by atoms with Gasteiger partial charge in [0.2, 0.25) is 0 Å². The third-order valence-electron chi connectivity index (χ3n) is 2.68. The molecule has 3 rings (SSSR count). The van der Waals surface area contributed by atoms with Crippen LogP contribution in [0.4, 0.5) is 5.69 Å². The molecule has 5 heteroatoms. The second-order valence-corrected chi connectivity index (χ2v) is 3.76. The lowest BCUT2D eigenvalue weighted by Gasteiger charge is -2.00. The van der Waals surface area contributed by atoms with E-state index in [0.29, 0.717) is 5.69 Å². The van der Waals surface area contributed by atoms with Crippen LogP contribution in [0.1, 0.15) is 0 Å². The number of fused-ring (bicyclic) bond motifs is 1. The number of aromatic amines is 1. The first-order valence-electron chi connectivity index (χ1n) is 4.96. The molecule has 3 aromatic rings. The number of aromatic nitrogens is 4. The fourth-order valence-corrected chi connectivity index (χ4v) is 1.82. The van der Waals surface area contributed by atoms with Gasteiger partial charge in [-0.3, -0.25) is 5.10 Å². The van der Waals surface area contributed by atoms with E-state index in [-0.39, 0.29) is 0 Å². The summed E-state index contributed by atoms with van der Waals surface area (Å²) in [7, 11) is 1.97. The van der Waals surface area contributed by atoms with Crippen molar-refractivity contribution in [1.82, 2.24) is 19.7 Å². The summed E-state index contributed by atoms with van der Waals surface area (Å²) in [5, 5.41) is 6.79. The molecule has 3 N–H and O–H groups in total. The summed E-state index contributed by atoms with van der Waals surface area (Å²) in [4.78, 5) is 4.31. The van der Waals surface area contributed by atoms with Gasteiger partial charge in [0.25, 0.3) is 0 Å². The topological polar surface area (TPSA) is 72.5 Å². The third-order valence-corrected chi connectivity index (χ3v) is 2.68. The van der Waals surface area contributed by atoms with Gasteiger partial charge in [-0.25, -0.2) is 4.98 Å². The Morgan fingerprint density at radius 1 is 1.38 bits per heavy atom. The molecule has 0 amide bonds. The number of benzene rings is 1. The number of nitrogens with two attached hydrogens (primary N) is 1. The number of nitrogens with one attached hydrogen (secondary N) is 1. The number of imidazole rings is 1. The Morgan fingerprint density at radius 3 is 3.00 bits per heavy atom. The van der Waals surface area contributed by atoms with Crippen LogP contribution < -0.4 is 5.73 Å². The largest absolute Gasteiger partial charge is 0.396 e. The van der Waals surface area contributed by atoms with Crippen LogP contribution in [0.5, 0.6) is 0 Å². The van der Waals surface area contributed by atoms with Gasteiger partial charge in [-0.05, 0) is 12.1 Å². The van der Waals surface area contributed by atoms with Crippen molar-refractivity contribution in [1.29, 1.82) is 0 Å². The quantitative estimate of drug-likeness (QED) is 0.644. The summed E-state index contributed by atoms with van der Waals surface area (Å²) < 4.78 is 1.98. The Balaban J connectivity index is 2.23.